The molecule has 0 fully saturated rings. The standard InChI is InChI=1S/C18H16FN3O4S2/c1-25-16(23)13-11(14(17(24)26-2)28-15(13)20)8-27-18-21-7-12(22-18)9-3-5-10(19)6-4-9/h3-7H,8,20H2,1-2H3,(H,21,22). The summed E-state index contributed by atoms with van der Waals surface area (Å²) in [5.74, 6) is -1.27. The fourth-order valence-electron chi connectivity index (χ4n) is 2.50. The summed E-state index contributed by atoms with van der Waals surface area (Å²) >= 11 is 2.26. The molecule has 0 aliphatic heterocycles. The summed E-state index contributed by atoms with van der Waals surface area (Å²) in [5.41, 5.74) is 8.01. The number of esters is 2. The second-order valence-electron chi connectivity index (χ2n) is 5.53. The first-order valence-electron chi connectivity index (χ1n) is 7.96. The van der Waals surface area contributed by atoms with E-state index >= 15 is 0 Å². The third-order valence-corrected chi connectivity index (χ3v) is 5.81. The summed E-state index contributed by atoms with van der Waals surface area (Å²) in [7, 11) is 2.50. The molecule has 0 unspecified atom stereocenters. The van der Waals surface area contributed by atoms with Gasteiger partial charge in [-0.2, -0.15) is 0 Å². The molecule has 7 nitrogen and oxygen atoms in total. The Balaban J connectivity index is 1.85. The first-order valence-corrected chi connectivity index (χ1v) is 9.76. The summed E-state index contributed by atoms with van der Waals surface area (Å²) < 4.78 is 22.6. The molecule has 3 aromatic rings. The molecule has 0 aliphatic rings. The minimum Gasteiger partial charge on any atom is -0.465 e. The van der Waals surface area contributed by atoms with Crippen LogP contribution in [0.5, 0.6) is 0 Å². The van der Waals surface area contributed by atoms with Crippen molar-refractivity contribution in [1.29, 1.82) is 0 Å². The average molecular weight is 421 g/mol. The van der Waals surface area contributed by atoms with Crippen LogP contribution in [0.2, 0.25) is 0 Å². The number of thioether (sulfide) groups is 1. The van der Waals surface area contributed by atoms with Crippen molar-refractivity contribution in [3.63, 3.8) is 0 Å². The molecule has 3 rings (SSSR count). The minimum absolute atomic E-state index is 0.158. The molecular weight excluding hydrogens is 405 g/mol. The van der Waals surface area contributed by atoms with Crippen LogP contribution in [0.25, 0.3) is 11.3 Å². The molecule has 0 aliphatic carbocycles. The Morgan fingerprint density at radius 2 is 1.89 bits per heavy atom. The molecule has 146 valence electrons. The lowest BCUT2D eigenvalue weighted by molar-refractivity contribution is 0.0601. The van der Waals surface area contributed by atoms with Crippen LogP contribution in [-0.4, -0.2) is 36.1 Å². The van der Waals surface area contributed by atoms with E-state index in [0.717, 1.165) is 16.9 Å². The second-order valence-corrected chi connectivity index (χ2v) is 7.55. The van der Waals surface area contributed by atoms with Gasteiger partial charge in [0.05, 0.1) is 31.7 Å². The van der Waals surface area contributed by atoms with Gasteiger partial charge in [0.1, 0.15) is 15.7 Å². The monoisotopic (exact) mass is 421 g/mol. The molecule has 2 aromatic heterocycles. The lowest BCUT2D eigenvalue weighted by atomic mass is 10.1. The molecule has 0 bridgehead atoms. The number of halogens is 1. The Morgan fingerprint density at radius 1 is 1.21 bits per heavy atom. The summed E-state index contributed by atoms with van der Waals surface area (Å²) in [4.78, 5) is 31.8. The number of benzene rings is 1. The fourth-order valence-corrected chi connectivity index (χ4v) is 4.46. The van der Waals surface area contributed by atoms with Crippen molar-refractivity contribution in [2.24, 2.45) is 0 Å². The van der Waals surface area contributed by atoms with E-state index in [1.807, 2.05) is 0 Å². The number of H-pyrrole nitrogens is 1. The highest BCUT2D eigenvalue weighted by molar-refractivity contribution is 7.98. The number of ether oxygens (including phenoxy) is 2. The maximum Gasteiger partial charge on any atom is 0.348 e. The van der Waals surface area contributed by atoms with E-state index in [1.165, 1.54) is 38.1 Å². The van der Waals surface area contributed by atoms with Gasteiger partial charge in [-0.15, -0.1) is 11.3 Å². The Hall–Kier alpha value is -2.85. The molecule has 28 heavy (non-hydrogen) atoms. The van der Waals surface area contributed by atoms with E-state index in [2.05, 4.69) is 9.97 Å². The zero-order valence-electron chi connectivity index (χ0n) is 14.9. The molecule has 0 amide bonds. The van der Waals surface area contributed by atoms with E-state index in [0.29, 0.717) is 16.4 Å². The van der Waals surface area contributed by atoms with E-state index < -0.39 is 11.9 Å². The van der Waals surface area contributed by atoms with Crippen LogP contribution in [0.1, 0.15) is 25.6 Å². The third-order valence-electron chi connectivity index (χ3n) is 3.86. The lowest BCUT2D eigenvalue weighted by Crippen LogP contribution is -2.08. The molecular formula is C18H16FN3O4S2. The van der Waals surface area contributed by atoms with Gasteiger partial charge in [0, 0.05) is 11.3 Å². The zero-order valence-corrected chi connectivity index (χ0v) is 16.6. The van der Waals surface area contributed by atoms with E-state index in [1.54, 1.807) is 18.3 Å². The number of nitrogens with one attached hydrogen (secondary N) is 1. The molecule has 3 N–H and O–H groups in total. The summed E-state index contributed by atoms with van der Waals surface area (Å²) in [6.07, 6.45) is 1.62. The number of carbonyl (C=O) groups excluding carboxylic acids is 2. The van der Waals surface area contributed by atoms with Gasteiger partial charge in [-0.3, -0.25) is 0 Å². The van der Waals surface area contributed by atoms with Crippen molar-refractivity contribution in [2.45, 2.75) is 10.9 Å². The summed E-state index contributed by atoms with van der Waals surface area (Å²) in [5, 5.41) is 0.755. The van der Waals surface area contributed by atoms with Crippen LogP contribution in [-0.2, 0) is 15.2 Å². The van der Waals surface area contributed by atoms with Gasteiger partial charge in [-0.25, -0.2) is 19.0 Å². The Morgan fingerprint density at radius 3 is 2.54 bits per heavy atom. The predicted octanol–water partition coefficient (Wildman–Crippen LogP) is 3.73. The van der Waals surface area contributed by atoms with Crippen LogP contribution in [0.3, 0.4) is 0 Å². The number of rotatable bonds is 6. The van der Waals surface area contributed by atoms with Gasteiger partial charge in [0.15, 0.2) is 5.16 Å². The van der Waals surface area contributed by atoms with Crippen molar-refractivity contribution in [3.05, 3.63) is 52.3 Å². The molecule has 0 atom stereocenters. The highest BCUT2D eigenvalue weighted by atomic mass is 32.2. The molecule has 0 radical (unpaired) electrons. The first-order chi connectivity index (χ1) is 13.4. The topological polar surface area (TPSA) is 107 Å². The zero-order chi connectivity index (χ0) is 20.3. The van der Waals surface area contributed by atoms with Gasteiger partial charge >= 0.3 is 11.9 Å². The average Bonchev–Trinajstić information content (AvgIpc) is 3.30. The molecule has 0 saturated heterocycles. The van der Waals surface area contributed by atoms with E-state index in [-0.39, 0.29) is 27.0 Å². The SMILES string of the molecule is COC(=O)c1sc(N)c(C(=O)OC)c1CSc1ncc(-c2ccc(F)cc2)[nH]1. The predicted molar refractivity (Wildman–Crippen MR) is 105 cm³/mol. The number of carbonyl (C=O) groups is 2. The smallest absolute Gasteiger partial charge is 0.348 e. The number of hydrogen-bond donors (Lipinski definition) is 2. The number of nitrogens with two attached hydrogens (primary N) is 1. The maximum absolute atomic E-state index is 13.1. The van der Waals surface area contributed by atoms with Crippen molar-refractivity contribution in [2.75, 3.05) is 20.0 Å². The molecule has 0 saturated carbocycles. The number of aromatic nitrogens is 2. The fraction of sp³-hybridized carbons (Fsp3) is 0.167. The highest BCUT2D eigenvalue weighted by Crippen LogP contribution is 2.36. The number of nitrogens with zero attached hydrogens (tertiary/aromatic N) is 1. The molecule has 2 heterocycles. The van der Waals surface area contributed by atoms with Crippen molar-refractivity contribution < 1.29 is 23.5 Å². The van der Waals surface area contributed by atoms with Crippen molar-refractivity contribution >= 4 is 40.0 Å². The minimum atomic E-state index is -0.619. The number of imidazole rings is 1. The van der Waals surface area contributed by atoms with Gasteiger partial charge in [0.2, 0.25) is 0 Å². The number of hydrogen-bond acceptors (Lipinski definition) is 8. The number of nitrogen functional groups attached to an aromatic ring is 1. The van der Waals surface area contributed by atoms with Gasteiger partial charge < -0.3 is 20.2 Å². The van der Waals surface area contributed by atoms with Crippen LogP contribution in [0.15, 0.2) is 35.6 Å². The lowest BCUT2D eigenvalue weighted by Gasteiger charge is -2.05. The van der Waals surface area contributed by atoms with Gasteiger partial charge in [-0.05, 0) is 29.8 Å². The Bertz CT molecular complexity index is 1010. The van der Waals surface area contributed by atoms with Crippen LogP contribution >= 0.6 is 23.1 Å². The summed E-state index contributed by atoms with van der Waals surface area (Å²) in [6, 6.07) is 6.01. The normalized spacial score (nSPS) is 10.7. The number of methoxy groups -OCH3 is 2. The van der Waals surface area contributed by atoms with Crippen molar-refractivity contribution in [3.8, 4) is 11.3 Å². The third kappa shape index (κ3) is 4.02. The first kappa shape index (κ1) is 19.9. The van der Waals surface area contributed by atoms with Crippen LogP contribution in [0.4, 0.5) is 9.39 Å². The van der Waals surface area contributed by atoms with E-state index in [9.17, 15) is 14.0 Å². The van der Waals surface area contributed by atoms with Gasteiger partial charge in [-0.1, -0.05) is 11.8 Å². The second kappa shape index (κ2) is 8.44. The quantitative estimate of drug-likeness (QED) is 0.461. The largest absolute Gasteiger partial charge is 0.465 e. The molecule has 1 aromatic carbocycles. The molecule has 10 heteroatoms. The molecule has 0 spiro atoms. The highest BCUT2D eigenvalue weighted by Gasteiger charge is 2.27. The Kier molecular flexibility index (Phi) is 6.00. The maximum atomic E-state index is 13.1. The number of thiophene rings is 1. The number of anilines is 1. The van der Waals surface area contributed by atoms with Crippen LogP contribution in [0, 0.1) is 5.82 Å². The van der Waals surface area contributed by atoms with Crippen LogP contribution < -0.4 is 5.73 Å². The number of aromatic amines is 1. The Labute approximate surface area is 168 Å². The van der Waals surface area contributed by atoms with Crippen molar-refractivity contribution in [1.82, 2.24) is 9.97 Å². The van der Waals surface area contributed by atoms with E-state index in [4.69, 9.17) is 15.2 Å². The summed E-state index contributed by atoms with van der Waals surface area (Å²) in [6.45, 7) is 0. The van der Waals surface area contributed by atoms with Gasteiger partial charge in [0.25, 0.3) is 0 Å².